The summed E-state index contributed by atoms with van der Waals surface area (Å²) in [6.07, 6.45) is 1.74. The molecule has 0 atom stereocenters. The Labute approximate surface area is 150 Å². The quantitative estimate of drug-likeness (QED) is 0.614. The topological polar surface area (TPSA) is 73.0 Å². The smallest absolute Gasteiger partial charge is 0.251 e. The molecule has 0 bridgehead atoms. The van der Waals surface area contributed by atoms with Crippen molar-refractivity contribution in [2.24, 2.45) is 7.05 Å². The first-order chi connectivity index (χ1) is 12.6. The lowest BCUT2D eigenvalue weighted by Crippen LogP contribution is -2.22. The molecule has 0 aliphatic carbocycles. The number of aromatic nitrogens is 3. The maximum Gasteiger partial charge on any atom is 0.251 e. The number of carbonyl (C=O) groups is 1. The Hall–Kier alpha value is -3.41. The number of aryl methyl sites for hydroxylation is 2. The fourth-order valence-corrected chi connectivity index (χ4v) is 2.93. The van der Waals surface area contributed by atoms with Crippen molar-refractivity contribution in [2.45, 2.75) is 13.5 Å². The molecule has 0 fully saturated rings. The first kappa shape index (κ1) is 16.1. The van der Waals surface area contributed by atoms with Gasteiger partial charge in [-0.3, -0.25) is 4.79 Å². The molecule has 0 spiro atoms. The van der Waals surface area contributed by atoms with Crippen molar-refractivity contribution in [2.75, 3.05) is 0 Å². The highest BCUT2D eigenvalue weighted by Gasteiger charge is 2.13. The molecule has 1 N–H and O–H groups in total. The van der Waals surface area contributed by atoms with Crippen LogP contribution in [0.1, 0.15) is 21.9 Å². The molecule has 130 valence electrons. The predicted octanol–water partition coefficient (Wildman–Crippen LogP) is 3.47. The van der Waals surface area contributed by atoms with E-state index in [1.807, 2.05) is 61.0 Å². The number of fused-ring (bicyclic) bond motifs is 1. The lowest BCUT2D eigenvalue weighted by molar-refractivity contribution is 0.0948. The Bertz CT molecular complexity index is 1090. The summed E-state index contributed by atoms with van der Waals surface area (Å²) in [5, 5.41) is 2.88. The number of imidazole rings is 1. The number of rotatable bonds is 4. The van der Waals surface area contributed by atoms with Gasteiger partial charge in [-0.2, -0.15) is 0 Å². The lowest BCUT2D eigenvalue weighted by Gasteiger charge is -2.06. The molecule has 0 aliphatic rings. The fourth-order valence-electron chi connectivity index (χ4n) is 2.93. The first-order valence-corrected chi connectivity index (χ1v) is 8.33. The van der Waals surface area contributed by atoms with Crippen molar-refractivity contribution in [3.8, 4) is 11.4 Å². The Balaban J connectivity index is 1.59. The minimum absolute atomic E-state index is 0.155. The fraction of sp³-hybridized carbons (Fsp3) is 0.150. The number of nitrogens with one attached hydrogen (secondary N) is 1. The van der Waals surface area contributed by atoms with Crippen LogP contribution in [0.3, 0.4) is 0 Å². The Morgan fingerprint density at radius 1 is 1.19 bits per heavy atom. The molecule has 26 heavy (non-hydrogen) atoms. The third-order valence-corrected chi connectivity index (χ3v) is 4.23. The van der Waals surface area contributed by atoms with E-state index < -0.39 is 0 Å². The second-order valence-electron chi connectivity index (χ2n) is 6.12. The number of benzene rings is 1. The van der Waals surface area contributed by atoms with Crippen molar-refractivity contribution in [1.29, 1.82) is 0 Å². The van der Waals surface area contributed by atoms with Gasteiger partial charge < -0.3 is 14.3 Å². The summed E-state index contributed by atoms with van der Waals surface area (Å²) in [4.78, 5) is 21.5. The Kier molecular flexibility index (Phi) is 4.01. The predicted molar refractivity (Wildman–Crippen MR) is 98.6 cm³/mol. The molecule has 6 heteroatoms. The highest BCUT2D eigenvalue weighted by atomic mass is 16.3. The van der Waals surface area contributed by atoms with Crippen molar-refractivity contribution in [3.05, 3.63) is 71.8 Å². The normalized spacial score (nSPS) is 11.0. The average molecular weight is 346 g/mol. The van der Waals surface area contributed by atoms with E-state index in [4.69, 9.17) is 4.42 Å². The van der Waals surface area contributed by atoms with Crippen LogP contribution in [0.15, 0.2) is 59.1 Å². The highest BCUT2D eigenvalue weighted by molar-refractivity contribution is 5.95. The zero-order valence-electron chi connectivity index (χ0n) is 14.6. The number of pyridine rings is 1. The van der Waals surface area contributed by atoms with Crippen LogP contribution in [-0.2, 0) is 13.6 Å². The van der Waals surface area contributed by atoms with Crippen LogP contribution < -0.4 is 5.32 Å². The van der Waals surface area contributed by atoms with Crippen molar-refractivity contribution < 1.29 is 9.21 Å². The van der Waals surface area contributed by atoms with E-state index in [-0.39, 0.29) is 5.91 Å². The first-order valence-electron chi connectivity index (χ1n) is 8.33. The van der Waals surface area contributed by atoms with E-state index >= 15 is 0 Å². The lowest BCUT2D eigenvalue weighted by atomic mass is 10.1. The minimum atomic E-state index is -0.155. The summed E-state index contributed by atoms with van der Waals surface area (Å²) in [6, 6.07) is 14.9. The molecule has 4 rings (SSSR count). The number of furan rings is 1. The third-order valence-electron chi connectivity index (χ3n) is 4.23. The van der Waals surface area contributed by atoms with Crippen LogP contribution in [0.25, 0.3) is 22.6 Å². The zero-order valence-corrected chi connectivity index (χ0v) is 14.6. The number of hydrogen-bond donors (Lipinski definition) is 1. The second-order valence-corrected chi connectivity index (χ2v) is 6.12. The van der Waals surface area contributed by atoms with Crippen LogP contribution in [0.2, 0.25) is 0 Å². The molecule has 1 amide bonds. The van der Waals surface area contributed by atoms with Gasteiger partial charge in [-0.05, 0) is 43.3 Å². The van der Waals surface area contributed by atoms with Gasteiger partial charge in [-0.25, -0.2) is 9.97 Å². The van der Waals surface area contributed by atoms with Crippen LogP contribution >= 0.6 is 0 Å². The van der Waals surface area contributed by atoms with Crippen molar-refractivity contribution in [1.82, 2.24) is 19.9 Å². The SMILES string of the molecule is Cc1ccc(CNC(=O)c2cccc(-c3nc4cccnc4n3C)c2)o1. The summed E-state index contributed by atoms with van der Waals surface area (Å²) in [5.41, 5.74) is 3.08. The van der Waals surface area contributed by atoms with Crippen molar-refractivity contribution in [3.63, 3.8) is 0 Å². The standard InChI is InChI=1S/C20H18N4O2/c1-13-8-9-16(26-13)12-22-20(25)15-6-3-5-14(11-15)18-23-17-7-4-10-21-19(17)24(18)2/h3-11H,12H2,1-2H3,(H,22,25). The second kappa shape index (κ2) is 6.48. The molecule has 0 saturated carbocycles. The van der Waals surface area contributed by atoms with Gasteiger partial charge in [-0.1, -0.05) is 12.1 Å². The molecule has 3 heterocycles. The molecule has 0 saturated heterocycles. The van der Waals surface area contributed by atoms with Gasteiger partial charge in [0.1, 0.15) is 22.9 Å². The zero-order chi connectivity index (χ0) is 18.1. The minimum Gasteiger partial charge on any atom is -0.465 e. The van der Waals surface area contributed by atoms with Gasteiger partial charge in [0.25, 0.3) is 5.91 Å². The summed E-state index contributed by atoms with van der Waals surface area (Å²) < 4.78 is 7.41. The van der Waals surface area contributed by atoms with Crippen LogP contribution in [0, 0.1) is 6.92 Å². The summed E-state index contributed by atoms with van der Waals surface area (Å²) in [5.74, 6) is 2.17. The van der Waals surface area contributed by atoms with Crippen molar-refractivity contribution >= 4 is 17.1 Å². The Morgan fingerprint density at radius 3 is 2.85 bits per heavy atom. The van der Waals surface area contributed by atoms with E-state index in [1.165, 1.54) is 0 Å². The molecule has 0 aliphatic heterocycles. The number of hydrogen-bond acceptors (Lipinski definition) is 4. The van der Waals surface area contributed by atoms with E-state index in [1.54, 1.807) is 12.3 Å². The monoisotopic (exact) mass is 346 g/mol. The van der Waals surface area contributed by atoms with E-state index in [9.17, 15) is 4.79 Å². The summed E-state index contributed by atoms with van der Waals surface area (Å²) in [6.45, 7) is 2.23. The summed E-state index contributed by atoms with van der Waals surface area (Å²) >= 11 is 0. The van der Waals surface area contributed by atoms with E-state index in [0.29, 0.717) is 12.1 Å². The molecule has 1 aromatic carbocycles. The van der Waals surface area contributed by atoms with Gasteiger partial charge >= 0.3 is 0 Å². The maximum absolute atomic E-state index is 12.5. The molecule has 0 radical (unpaired) electrons. The summed E-state index contributed by atoms with van der Waals surface area (Å²) in [7, 11) is 1.92. The van der Waals surface area contributed by atoms with Gasteiger partial charge in [0.15, 0.2) is 5.65 Å². The largest absolute Gasteiger partial charge is 0.465 e. The third kappa shape index (κ3) is 2.97. The molecule has 3 aromatic heterocycles. The van der Waals surface area contributed by atoms with Gasteiger partial charge in [0, 0.05) is 24.4 Å². The van der Waals surface area contributed by atoms with Crippen LogP contribution in [0.5, 0.6) is 0 Å². The molecular weight excluding hydrogens is 328 g/mol. The van der Waals surface area contributed by atoms with E-state index in [2.05, 4.69) is 15.3 Å². The number of nitrogens with zero attached hydrogens (tertiary/aromatic N) is 3. The molecule has 0 unspecified atom stereocenters. The molecule has 4 aromatic rings. The molecular formula is C20H18N4O2. The van der Waals surface area contributed by atoms with Crippen LogP contribution in [0.4, 0.5) is 0 Å². The maximum atomic E-state index is 12.5. The van der Waals surface area contributed by atoms with E-state index in [0.717, 1.165) is 34.1 Å². The number of amides is 1. The van der Waals surface area contributed by atoms with Gasteiger partial charge in [0.05, 0.1) is 6.54 Å². The molecule has 6 nitrogen and oxygen atoms in total. The van der Waals surface area contributed by atoms with Gasteiger partial charge in [0.2, 0.25) is 0 Å². The highest BCUT2D eigenvalue weighted by Crippen LogP contribution is 2.23. The number of carbonyl (C=O) groups excluding carboxylic acids is 1. The van der Waals surface area contributed by atoms with Crippen LogP contribution in [-0.4, -0.2) is 20.4 Å². The van der Waals surface area contributed by atoms with Gasteiger partial charge in [-0.15, -0.1) is 0 Å². The Morgan fingerprint density at radius 2 is 2.08 bits per heavy atom. The average Bonchev–Trinajstić information content (AvgIpc) is 3.23.